The van der Waals surface area contributed by atoms with E-state index in [1.165, 1.54) is 0 Å². The normalized spacial score (nSPS) is 11.7. The zero-order valence-corrected chi connectivity index (χ0v) is 14.6. The van der Waals surface area contributed by atoms with Gasteiger partial charge in [0.05, 0.1) is 23.5 Å². The van der Waals surface area contributed by atoms with E-state index in [0.29, 0.717) is 11.6 Å². The number of benzene rings is 3. The number of hydrazone groups is 1. The highest BCUT2D eigenvalue weighted by atomic mass is 35.5. The van der Waals surface area contributed by atoms with Gasteiger partial charge in [0.1, 0.15) is 5.52 Å². The molecule has 4 rings (SSSR count). The van der Waals surface area contributed by atoms with Crippen molar-refractivity contribution in [3.63, 3.8) is 0 Å². The summed E-state index contributed by atoms with van der Waals surface area (Å²) in [4.78, 5) is 0. The van der Waals surface area contributed by atoms with Gasteiger partial charge in [-0.25, -0.2) is 4.68 Å². The van der Waals surface area contributed by atoms with Crippen LogP contribution in [0.1, 0.15) is 5.56 Å². The molecular formula is C20H16ClN5. The van der Waals surface area contributed by atoms with Crippen LogP contribution in [0, 0.1) is 0 Å². The number of halogens is 1. The molecule has 1 N–H and O–H groups in total. The molecule has 0 atom stereocenters. The van der Waals surface area contributed by atoms with Crippen molar-refractivity contribution in [2.45, 2.75) is 6.54 Å². The predicted molar refractivity (Wildman–Crippen MR) is 106 cm³/mol. The molecule has 3 aromatic carbocycles. The minimum absolute atomic E-state index is 0.488. The maximum Gasteiger partial charge on any atom is 0.113 e. The fourth-order valence-electron chi connectivity index (χ4n) is 2.65. The largest absolute Gasteiger partial charge is 0.278 e. The molecule has 5 nitrogen and oxygen atoms in total. The van der Waals surface area contributed by atoms with Gasteiger partial charge in [0.25, 0.3) is 0 Å². The zero-order chi connectivity index (χ0) is 17.8. The van der Waals surface area contributed by atoms with Gasteiger partial charge in [0, 0.05) is 5.02 Å². The maximum atomic E-state index is 6.03. The van der Waals surface area contributed by atoms with Crippen LogP contribution in [-0.2, 0) is 6.54 Å². The quantitative estimate of drug-likeness (QED) is 0.417. The summed E-state index contributed by atoms with van der Waals surface area (Å²) >= 11 is 6.03. The highest BCUT2D eigenvalue weighted by Gasteiger charge is 2.10. The summed E-state index contributed by atoms with van der Waals surface area (Å²) in [6.07, 6.45) is 0. The molecule has 6 heteroatoms. The molecule has 0 bridgehead atoms. The molecule has 1 aromatic heterocycles. The minimum atomic E-state index is 0.488. The lowest BCUT2D eigenvalue weighted by Gasteiger charge is -2.09. The van der Waals surface area contributed by atoms with Crippen LogP contribution in [0.25, 0.3) is 11.0 Å². The number of hydrogen-bond donors (Lipinski definition) is 1. The summed E-state index contributed by atoms with van der Waals surface area (Å²) < 4.78 is 1.84. The number of aromatic nitrogens is 3. The number of anilines is 1. The Hall–Kier alpha value is -3.18. The molecular weight excluding hydrogens is 346 g/mol. The average Bonchev–Trinajstić information content (AvgIpc) is 3.10. The van der Waals surface area contributed by atoms with Crippen LogP contribution in [0.2, 0.25) is 5.02 Å². The summed E-state index contributed by atoms with van der Waals surface area (Å²) in [5, 5.41) is 13.8. The second-order valence-corrected chi connectivity index (χ2v) is 6.22. The Labute approximate surface area is 155 Å². The molecule has 0 radical (unpaired) electrons. The van der Waals surface area contributed by atoms with Crippen molar-refractivity contribution in [1.29, 1.82) is 0 Å². The van der Waals surface area contributed by atoms with Gasteiger partial charge in [0.2, 0.25) is 0 Å². The molecule has 0 unspecified atom stereocenters. The first kappa shape index (κ1) is 16.3. The number of fused-ring (bicyclic) bond motifs is 1. The van der Waals surface area contributed by atoms with Crippen molar-refractivity contribution in [1.82, 2.24) is 15.0 Å². The Bertz CT molecular complexity index is 1040. The second kappa shape index (κ2) is 7.37. The summed E-state index contributed by atoms with van der Waals surface area (Å²) in [5.41, 5.74) is 7.66. The van der Waals surface area contributed by atoms with Crippen LogP contribution in [0.5, 0.6) is 0 Å². The van der Waals surface area contributed by atoms with Gasteiger partial charge in [-0.3, -0.25) is 5.43 Å². The van der Waals surface area contributed by atoms with Gasteiger partial charge >= 0.3 is 0 Å². The van der Waals surface area contributed by atoms with Gasteiger partial charge in [0.15, 0.2) is 0 Å². The standard InChI is InChI=1S/C20H16ClN5/c21-16-12-10-15(11-13-16)19(23-22-17-6-2-1-3-7-17)14-26-20-9-5-4-8-18(20)24-25-26/h1-13,22H,14H2. The third-order valence-electron chi connectivity index (χ3n) is 3.99. The monoisotopic (exact) mass is 361 g/mol. The highest BCUT2D eigenvalue weighted by molar-refractivity contribution is 6.30. The van der Waals surface area contributed by atoms with E-state index >= 15 is 0 Å². The van der Waals surface area contributed by atoms with Gasteiger partial charge < -0.3 is 0 Å². The minimum Gasteiger partial charge on any atom is -0.278 e. The van der Waals surface area contributed by atoms with E-state index in [1.807, 2.05) is 83.5 Å². The van der Waals surface area contributed by atoms with E-state index < -0.39 is 0 Å². The molecule has 0 saturated carbocycles. The molecule has 26 heavy (non-hydrogen) atoms. The van der Waals surface area contributed by atoms with E-state index in [9.17, 15) is 0 Å². The summed E-state index contributed by atoms with van der Waals surface area (Å²) in [7, 11) is 0. The Balaban J connectivity index is 1.69. The van der Waals surface area contributed by atoms with Gasteiger partial charge in [-0.1, -0.05) is 59.3 Å². The lowest BCUT2D eigenvalue weighted by atomic mass is 10.1. The predicted octanol–water partition coefficient (Wildman–Crippen LogP) is 4.60. The fraction of sp³-hybridized carbons (Fsp3) is 0.0500. The van der Waals surface area contributed by atoms with Crippen LogP contribution in [0.4, 0.5) is 5.69 Å². The molecule has 128 valence electrons. The summed E-state index contributed by atoms with van der Waals surface area (Å²) in [5.74, 6) is 0. The van der Waals surface area contributed by atoms with Crippen molar-refractivity contribution >= 4 is 34.0 Å². The summed E-state index contributed by atoms with van der Waals surface area (Å²) in [6.45, 7) is 0.488. The summed E-state index contributed by atoms with van der Waals surface area (Å²) in [6, 6.07) is 25.3. The molecule has 0 aliphatic carbocycles. The lowest BCUT2D eigenvalue weighted by molar-refractivity contribution is 0.700. The average molecular weight is 362 g/mol. The van der Waals surface area contributed by atoms with Crippen LogP contribution in [0.15, 0.2) is 84.0 Å². The number of hydrogen-bond acceptors (Lipinski definition) is 4. The van der Waals surface area contributed by atoms with E-state index in [1.54, 1.807) is 0 Å². The van der Waals surface area contributed by atoms with E-state index in [2.05, 4.69) is 20.8 Å². The van der Waals surface area contributed by atoms with Crippen LogP contribution >= 0.6 is 11.6 Å². The third-order valence-corrected chi connectivity index (χ3v) is 4.24. The molecule has 0 saturated heterocycles. The second-order valence-electron chi connectivity index (χ2n) is 5.78. The molecule has 0 spiro atoms. The smallest absolute Gasteiger partial charge is 0.113 e. The van der Waals surface area contributed by atoms with E-state index in [-0.39, 0.29) is 0 Å². The van der Waals surface area contributed by atoms with E-state index in [0.717, 1.165) is 28.0 Å². The first-order valence-electron chi connectivity index (χ1n) is 8.21. The number of nitrogens with one attached hydrogen (secondary N) is 1. The molecule has 0 fully saturated rings. The van der Waals surface area contributed by atoms with E-state index in [4.69, 9.17) is 11.6 Å². The van der Waals surface area contributed by atoms with Crippen molar-refractivity contribution in [2.24, 2.45) is 5.10 Å². The first-order chi connectivity index (χ1) is 12.8. The number of nitrogens with zero attached hydrogens (tertiary/aromatic N) is 4. The molecule has 1 heterocycles. The first-order valence-corrected chi connectivity index (χ1v) is 8.59. The van der Waals surface area contributed by atoms with Crippen LogP contribution in [0.3, 0.4) is 0 Å². The zero-order valence-electron chi connectivity index (χ0n) is 13.9. The fourth-order valence-corrected chi connectivity index (χ4v) is 2.78. The van der Waals surface area contributed by atoms with Crippen LogP contribution < -0.4 is 5.43 Å². The van der Waals surface area contributed by atoms with Crippen molar-refractivity contribution in [3.05, 3.63) is 89.4 Å². The van der Waals surface area contributed by atoms with Gasteiger partial charge in [-0.15, -0.1) is 5.10 Å². The molecule has 0 aliphatic heterocycles. The number of para-hydroxylation sites is 2. The highest BCUT2D eigenvalue weighted by Crippen LogP contribution is 2.15. The number of rotatable bonds is 5. The molecule has 0 amide bonds. The van der Waals surface area contributed by atoms with Gasteiger partial charge in [-0.05, 0) is 42.0 Å². The molecule has 0 aliphatic rings. The van der Waals surface area contributed by atoms with Crippen molar-refractivity contribution < 1.29 is 0 Å². The van der Waals surface area contributed by atoms with Crippen molar-refractivity contribution in [2.75, 3.05) is 5.43 Å². The Morgan fingerprint density at radius 1 is 0.923 bits per heavy atom. The Morgan fingerprint density at radius 3 is 2.46 bits per heavy atom. The van der Waals surface area contributed by atoms with Gasteiger partial charge in [-0.2, -0.15) is 5.10 Å². The topological polar surface area (TPSA) is 55.1 Å². The maximum absolute atomic E-state index is 6.03. The van der Waals surface area contributed by atoms with Crippen LogP contribution in [-0.4, -0.2) is 20.7 Å². The third kappa shape index (κ3) is 3.58. The Morgan fingerprint density at radius 2 is 1.65 bits per heavy atom. The molecule has 4 aromatic rings. The van der Waals surface area contributed by atoms with Crippen molar-refractivity contribution in [3.8, 4) is 0 Å². The lowest BCUT2D eigenvalue weighted by Crippen LogP contribution is -2.15. The Kier molecular flexibility index (Phi) is 4.62. The SMILES string of the molecule is Clc1ccc(C(Cn2nnc3ccccc32)=NNc2ccccc2)cc1.